The number of hydrogen-bond acceptors (Lipinski definition) is 6. The highest BCUT2D eigenvalue weighted by atomic mass is 32.1. The van der Waals surface area contributed by atoms with Crippen molar-refractivity contribution < 1.29 is 23.6 Å². The molecule has 4 aromatic rings. The normalized spacial score (nSPS) is 11.5. The molecule has 0 aliphatic carbocycles. The second-order valence-electron chi connectivity index (χ2n) is 6.18. The van der Waals surface area contributed by atoms with Gasteiger partial charge >= 0.3 is 7.60 Å². The van der Waals surface area contributed by atoms with E-state index in [9.17, 15) is 19.1 Å². The molecule has 0 aliphatic rings. The van der Waals surface area contributed by atoms with E-state index in [1.54, 1.807) is 12.1 Å². The van der Waals surface area contributed by atoms with Gasteiger partial charge in [-0.25, -0.2) is 4.98 Å². The quantitative estimate of drug-likeness (QED) is 0.328. The topological polar surface area (TPSA) is 127 Å². The van der Waals surface area contributed by atoms with Crippen molar-refractivity contribution in [2.45, 2.75) is 0 Å². The molecule has 29 heavy (non-hydrogen) atoms. The summed E-state index contributed by atoms with van der Waals surface area (Å²) in [6.45, 7) is 0. The van der Waals surface area contributed by atoms with Crippen molar-refractivity contribution >= 4 is 35.3 Å². The summed E-state index contributed by atoms with van der Waals surface area (Å²) in [5.74, 6) is -0.233. The molecule has 146 valence electrons. The molecule has 0 bridgehead atoms. The number of carbonyl (C=O) groups excluding carboxylic acids is 1. The van der Waals surface area contributed by atoms with Gasteiger partial charge in [0, 0.05) is 5.56 Å². The van der Waals surface area contributed by atoms with E-state index in [0.29, 0.717) is 5.56 Å². The Morgan fingerprint density at radius 2 is 1.62 bits per heavy atom. The van der Waals surface area contributed by atoms with Gasteiger partial charge in [-0.2, -0.15) is 0 Å². The molecule has 0 unspecified atom stereocenters. The zero-order valence-corrected chi connectivity index (χ0v) is 16.6. The molecule has 0 fully saturated rings. The largest absolute Gasteiger partial charge is 0.446 e. The first-order valence-corrected chi connectivity index (χ1v) is 10.9. The van der Waals surface area contributed by atoms with Crippen LogP contribution in [0.2, 0.25) is 0 Å². The average Bonchev–Trinajstić information content (AvgIpc) is 3.35. The monoisotopic (exact) mass is 426 g/mol. The van der Waals surface area contributed by atoms with E-state index in [1.165, 1.54) is 6.07 Å². The number of rotatable bonds is 5. The number of anilines is 1. The minimum absolute atomic E-state index is 0.0699. The molecule has 0 radical (unpaired) electrons. The second kappa shape index (κ2) is 7.42. The Labute approximate surface area is 169 Å². The molecule has 4 rings (SSSR count). The Hall–Kier alpha value is -3.03. The van der Waals surface area contributed by atoms with Crippen LogP contribution >= 0.6 is 18.9 Å². The fourth-order valence-corrected chi connectivity index (χ4v) is 4.13. The van der Waals surface area contributed by atoms with Gasteiger partial charge in [0.2, 0.25) is 11.3 Å². The minimum atomic E-state index is -4.55. The van der Waals surface area contributed by atoms with Gasteiger partial charge in [0.05, 0.1) is 0 Å². The molecule has 0 spiro atoms. The number of hydrogen-bond donors (Lipinski definition) is 3. The molecular weight excluding hydrogens is 411 g/mol. The molecule has 2 aromatic carbocycles. The summed E-state index contributed by atoms with van der Waals surface area (Å²) in [5.41, 5.74) is 7.90. The third-order valence-corrected chi connectivity index (χ3v) is 5.91. The zero-order chi connectivity index (χ0) is 20.6. The van der Waals surface area contributed by atoms with Gasteiger partial charge in [0.15, 0.2) is 10.9 Å². The molecule has 2 heterocycles. The molecular formula is C20H15N2O5PS. The lowest BCUT2D eigenvalue weighted by Crippen LogP contribution is -2.01. The van der Waals surface area contributed by atoms with Gasteiger partial charge < -0.3 is 19.9 Å². The Balaban J connectivity index is 1.68. The van der Waals surface area contributed by atoms with E-state index in [1.807, 2.05) is 42.5 Å². The lowest BCUT2D eigenvalue weighted by Gasteiger charge is -2.04. The summed E-state index contributed by atoms with van der Waals surface area (Å²) in [4.78, 5) is 35.9. The fourth-order valence-electron chi connectivity index (χ4n) is 2.84. The number of nitrogen functional groups attached to an aromatic ring is 1. The predicted molar refractivity (Wildman–Crippen MR) is 111 cm³/mol. The summed E-state index contributed by atoms with van der Waals surface area (Å²) in [7, 11) is -4.55. The average molecular weight is 426 g/mol. The maximum atomic E-state index is 13.0. The Morgan fingerprint density at radius 3 is 2.24 bits per heavy atom. The Morgan fingerprint density at radius 1 is 0.966 bits per heavy atom. The van der Waals surface area contributed by atoms with Crippen LogP contribution in [0.25, 0.3) is 22.6 Å². The smallest absolute Gasteiger partial charge is 0.391 e. The molecule has 0 atom stereocenters. The first-order valence-electron chi connectivity index (χ1n) is 8.46. The molecule has 4 N–H and O–H groups in total. The number of carbonyl (C=O) groups is 1. The van der Waals surface area contributed by atoms with Gasteiger partial charge in [-0.15, -0.1) is 0 Å². The van der Waals surface area contributed by atoms with Crippen molar-refractivity contribution in [3.8, 4) is 22.6 Å². The third kappa shape index (κ3) is 3.92. The number of nitrogens with zero attached hydrogens (tertiary/aromatic N) is 1. The summed E-state index contributed by atoms with van der Waals surface area (Å²) in [6, 6.07) is 19.4. The molecule has 9 heteroatoms. The van der Waals surface area contributed by atoms with Crippen LogP contribution in [-0.4, -0.2) is 20.6 Å². The first-order chi connectivity index (χ1) is 13.8. The van der Waals surface area contributed by atoms with Crippen LogP contribution in [0, 0.1) is 0 Å². The Kier molecular flexibility index (Phi) is 4.94. The second-order valence-corrected chi connectivity index (χ2v) is 8.74. The number of aromatic nitrogens is 1. The molecule has 7 nitrogen and oxygen atoms in total. The third-order valence-electron chi connectivity index (χ3n) is 4.22. The van der Waals surface area contributed by atoms with Crippen LogP contribution < -0.4 is 11.2 Å². The van der Waals surface area contributed by atoms with Crippen molar-refractivity contribution in [3.05, 3.63) is 77.2 Å². The summed E-state index contributed by atoms with van der Waals surface area (Å²) in [5, 5.41) is 0.151. The van der Waals surface area contributed by atoms with Crippen LogP contribution in [-0.2, 0) is 4.57 Å². The number of furan rings is 1. The van der Waals surface area contributed by atoms with Gasteiger partial charge in [0.1, 0.15) is 10.6 Å². The predicted octanol–water partition coefficient (Wildman–Crippen LogP) is 3.69. The van der Waals surface area contributed by atoms with Gasteiger partial charge in [-0.05, 0) is 23.3 Å². The molecule has 2 aromatic heterocycles. The number of nitrogens with two attached hydrogens (primary N) is 1. The van der Waals surface area contributed by atoms with Crippen molar-refractivity contribution in [1.82, 2.24) is 4.98 Å². The van der Waals surface area contributed by atoms with E-state index in [2.05, 4.69) is 4.98 Å². The maximum Gasteiger partial charge on any atom is 0.391 e. The van der Waals surface area contributed by atoms with Crippen LogP contribution in [0.4, 0.5) is 5.13 Å². The van der Waals surface area contributed by atoms with Crippen molar-refractivity contribution in [3.63, 3.8) is 0 Å². The summed E-state index contributed by atoms with van der Waals surface area (Å²) in [6.07, 6.45) is 0. The summed E-state index contributed by atoms with van der Waals surface area (Å²) >= 11 is 0.993. The number of thiazole rings is 1. The van der Waals surface area contributed by atoms with Crippen LogP contribution in [0.5, 0.6) is 0 Å². The number of ketones is 1. The highest BCUT2D eigenvalue weighted by Crippen LogP contribution is 2.37. The number of benzene rings is 2. The van der Waals surface area contributed by atoms with E-state index in [4.69, 9.17) is 10.2 Å². The molecule has 0 saturated carbocycles. The minimum Gasteiger partial charge on any atom is -0.446 e. The van der Waals surface area contributed by atoms with Crippen LogP contribution in [0.3, 0.4) is 0 Å². The standard InChI is InChI=1S/C20H15N2O5PS/c21-20-22-17(15-10-11-16(27-15)28(24,25)26)19(29-20)18(23)14-8-6-13(7-9-14)12-4-2-1-3-5-12/h1-11H,(H2,21,22)(H2,24,25,26). The Bertz CT molecular complexity index is 1230. The van der Waals surface area contributed by atoms with Crippen molar-refractivity contribution in [2.75, 3.05) is 5.73 Å². The fraction of sp³-hybridized carbons (Fsp3) is 0. The van der Waals surface area contributed by atoms with Crippen molar-refractivity contribution in [1.29, 1.82) is 0 Å². The lowest BCUT2D eigenvalue weighted by atomic mass is 10.0. The maximum absolute atomic E-state index is 13.0. The van der Waals surface area contributed by atoms with Gasteiger partial charge in [0.25, 0.3) is 0 Å². The van der Waals surface area contributed by atoms with Crippen LogP contribution in [0.15, 0.2) is 71.1 Å². The SMILES string of the molecule is Nc1nc(-c2ccc(P(=O)(O)O)o2)c(C(=O)c2ccc(-c3ccccc3)cc2)s1. The molecule has 0 aliphatic heterocycles. The molecule has 0 saturated heterocycles. The highest BCUT2D eigenvalue weighted by Gasteiger charge is 2.26. The lowest BCUT2D eigenvalue weighted by molar-refractivity contribution is 0.104. The van der Waals surface area contributed by atoms with Gasteiger partial charge in [-0.1, -0.05) is 65.9 Å². The first kappa shape index (κ1) is 19.3. The zero-order valence-electron chi connectivity index (χ0n) is 14.9. The van der Waals surface area contributed by atoms with E-state index >= 15 is 0 Å². The van der Waals surface area contributed by atoms with Crippen LogP contribution in [0.1, 0.15) is 15.2 Å². The van der Waals surface area contributed by atoms with Gasteiger partial charge in [-0.3, -0.25) is 9.36 Å². The van der Waals surface area contributed by atoms with E-state index in [0.717, 1.165) is 28.5 Å². The molecule has 0 amide bonds. The van der Waals surface area contributed by atoms with Crippen molar-refractivity contribution in [2.24, 2.45) is 0 Å². The van der Waals surface area contributed by atoms with E-state index < -0.39 is 13.1 Å². The summed E-state index contributed by atoms with van der Waals surface area (Å²) < 4.78 is 16.6. The highest BCUT2D eigenvalue weighted by molar-refractivity contribution is 7.59. The van der Waals surface area contributed by atoms with E-state index in [-0.39, 0.29) is 27.2 Å².